The van der Waals surface area contributed by atoms with Crippen LogP contribution in [0.5, 0.6) is 0 Å². The predicted molar refractivity (Wildman–Crippen MR) is 60.2 cm³/mol. The zero-order valence-electron chi connectivity index (χ0n) is 9.19. The van der Waals surface area contributed by atoms with Gasteiger partial charge in [-0.3, -0.25) is 4.90 Å². The molecule has 0 N–H and O–H groups in total. The molecule has 2 nitrogen and oxygen atoms in total. The van der Waals surface area contributed by atoms with Gasteiger partial charge in [-0.1, -0.05) is 18.6 Å². The van der Waals surface area contributed by atoms with Crippen LogP contribution in [0.4, 0.5) is 4.39 Å². The third-order valence-electron chi connectivity index (χ3n) is 3.06. The van der Waals surface area contributed by atoms with Crippen LogP contribution in [0.1, 0.15) is 30.9 Å². The van der Waals surface area contributed by atoms with E-state index in [0.29, 0.717) is 0 Å². The highest BCUT2D eigenvalue weighted by molar-refractivity contribution is 5.24. The first-order valence-corrected chi connectivity index (χ1v) is 5.70. The van der Waals surface area contributed by atoms with E-state index in [1.807, 2.05) is 0 Å². The molecule has 84 valence electrons. The number of benzene rings is 1. The van der Waals surface area contributed by atoms with Crippen molar-refractivity contribution in [1.82, 2.24) is 4.90 Å². The lowest BCUT2D eigenvalue weighted by molar-refractivity contribution is 0.196. The third kappa shape index (κ3) is 2.40. The highest BCUT2D eigenvalue weighted by Gasteiger charge is 2.21. The summed E-state index contributed by atoms with van der Waals surface area (Å²) in [6.07, 6.45) is 3.55. The van der Waals surface area contributed by atoms with E-state index in [1.54, 1.807) is 12.1 Å². The smallest absolute Gasteiger partial charge is 0.123 e. The lowest BCUT2D eigenvalue weighted by Crippen LogP contribution is -2.33. The van der Waals surface area contributed by atoms with Crippen LogP contribution in [0.25, 0.3) is 0 Å². The minimum absolute atomic E-state index is 0.221. The van der Waals surface area contributed by atoms with E-state index in [1.165, 1.54) is 18.6 Å². The number of rotatable bonds is 2. The Labute approximate surface area is 95.3 Å². The summed E-state index contributed by atoms with van der Waals surface area (Å²) in [7, 11) is 0. The van der Waals surface area contributed by atoms with Crippen molar-refractivity contribution in [3.05, 3.63) is 35.6 Å². The van der Waals surface area contributed by atoms with Crippen LogP contribution in [0, 0.1) is 17.1 Å². The summed E-state index contributed by atoms with van der Waals surface area (Å²) in [5.74, 6) is -0.251. The molecule has 0 amide bonds. The van der Waals surface area contributed by atoms with Crippen LogP contribution in [0.15, 0.2) is 24.3 Å². The van der Waals surface area contributed by atoms with E-state index in [0.717, 1.165) is 31.5 Å². The first kappa shape index (κ1) is 11.1. The Bertz CT molecular complexity index is 374. The number of piperidine rings is 1. The molecule has 1 fully saturated rings. The molecular formula is C13H15FN2. The topological polar surface area (TPSA) is 27.0 Å². The van der Waals surface area contributed by atoms with Gasteiger partial charge >= 0.3 is 0 Å². The van der Waals surface area contributed by atoms with E-state index in [2.05, 4.69) is 11.0 Å². The number of likely N-dealkylation sites (tertiary alicyclic amines) is 1. The molecule has 0 bridgehead atoms. The van der Waals surface area contributed by atoms with Gasteiger partial charge in [0.15, 0.2) is 0 Å². The van der Waals surface area contributed by atoms with Crippen molar-refractivity contribution in [2.75, 3.05) is 13.1 Å². The molecule has 0 radical (unpaired) electrons. The predicted octanol–water partition coefficient (Wildman–Crippen LogP) is 2.88. The number of hydrogen-bond acceptors (Lipinski definition) is 2. The normalized spacial score (nSPS) is 19.0. The Morgan fingerprint density at radius 1 is 1.12 bits per heavy atom. The third-order valence-corrected chi connectivity index (χ3v) is 3.06. The van der Waals surface area contributed by atoms with E-state index >= 15 is 0 Å². The van der Waals surface area contributed by atoms with Crippen molar-refractivity contribution in [1.29, 1.82) is 5.26 Å². The second kappa shape index (κ2) is 5.09. The Kier molecular flexibility index (Phi) is 3.53. The molecular weight excluding hydrogens is 203 g/mol. The fourth-order valence-corrected chi connectivity index (χ4v) is 2.19. The van der Waals surface area contributed by atoms with E-state index in [9.17, 15) is 9.65 Å². The summed E-state index contributed by atoms with van der Waals surface area (Å²) >= 11 is 0. The van der Waals surface area contributed by atoms with Gasteiger partial charge in [-0.25, -0.2) is 4.39 Å². The second-order valence-electron chi connectivity index (χ2n) is 4.18. The van der Waals surface area contributed by atoms with E-state index in [-0.39, 0.29) is 11.9 Å². The van der Waals surface area contributed by atoms with Crippen LogP contribution in [-0.4, -0.2) is 18.0 Å². The van der Waals surface area contributed by atoms with Crippen LogP contribution < -0.4 is 0 Å². The van der Waals surface area contributed by atoms with E-state index in [4.69, 9.17) is 0 Å². The molecule has 3 heteroatoms. The minimum Gasteiger partial charge on any atom is -0.284 e. The van der Waals surface area contributed by atoms with Gasteiger partial charge in [0, 0.05) is 0 Å². The van der Waals surface area contributed by atoms with Crippen molar-refractivity contribution in [3.63, 3.8) is 0 Å². The fourth-order valence-electron chi connectivity index (χ4n) is 2.19. The largest absolute Gasteiger partial charge is 0.284 e. The SMILES string of the molecule is N#CC(c1ccc(F)cc1)N1CCCCC1. The fraction of sp³-hybridized carbons (Fsp3) is 0.462. The zero-order valence-corrected chi connectivity index (χ0v) is 9.19. The van der Waals surface area contributed by atoms with Gasteiger partial charge in [0.2, 0.25) is 0 Å². The molecule has 0 aliphatic carbocycles. The Morgan fingerprint density at radius 2 is 1.75 bits per heavy atom. The minimum atomic E-state index is -0.251. The van der Waals surface area contributed by atoms with Crippen molar-refractivity contribution >= 4 is 0 Å². The number of hydrogen-bond donors (Lipinski definition) is 0. The van der Waals surface area contributed by atoms with Gasteiger partial charge in [-0.15, -0.1) is 0 Å². The van der Waals surface area contributed by atoms with Gasteiger partial charge in [-0.2, -0.15) is 5.26 Å². The quantitative estimate of drug-likeness (QED) is 0.763. The van der Waals surface area contributed by atoms with Crippen molar-refractivity contribution in [3.8, 4) is 6.07 Å². The Morgan fingerprint density at radius 3 is 2.31 bits per heavy atom. The van der Waals surface area contributed by atoms with E-state index < -0.39 is 0 Å². The number of nitrogens with zero attached hydrogens (tertiary/aromatic N) is 2. The lowest BCUT2D eigenvalue weighted by Gasteiger charge is -2.30. The number of halogens is 1. The summed E-state index contributed by atoms with van der Waals surface area (Å²) in [6, 6.07) is 8.34. The molecule has 0 spiro atoms. The molecule has 1 unspecified atom stereocenters. The molecule has 1 saturated heterocycles. The maximum atomic E-state index is 12.8. The molecule has 1 atom stereocenters. The van der Waals surface area contributed by atoms with Gasteiger partial charge in [0.1, 0.15) is 11.9 Å². The molecule has 1 aromatic carbocycles. The number of nitriles is 1. The van der Waals surface area contributed by atoms with Gasteiger partial charge < -0.3 is 0 Å². The monoisotopic (exact) mass is 218 g/mol. The van der Waals surface area contributed by atoms with Crippen molar-refractivity contribution in [2.24, 2.45) is 0 Å². The van der Waals surface area contributed by atoms with Gasteiger partial charge in [0.25, 0.3) is 0 Å². The average Bonchev–Trinajstić information content (AvgIpc) is 2.34. The van der Waals surface area contributed by atoms with Crippen LogP contribution in [0.2, 0.25) is 0 Å². The highest BCUT2D eigenvalue weighted by Crippen LogP contribution is 2.23. The Hall–Kier alpha value is -1.40. The molecule has 2 rings (SSSR count). The summed E-state index contributed by atoms with van der Waals surface area (Å²) in [5.41, 5.74) is 0.894. The molecule has 1 aliphatic rings. The van der Waals surface area contributed by atoms with Crippen LogP contribution in [0.3, 0.4) is 0 Å². The molecule has 0 aromatic heterocycles. The summed E-state index contributed by atoms with van der Waals surface area (Å²) in [5, 5.41) is 9.22. The highest BCUT2D eigenvalue weighted by atomic mass is 19.1. The first-order chi connectivity index (χ1) is 7.81. The standard InChI is InChI=1S/C13H15FN2/c14-12-6-4-11(5-7-12)13(10-15)16-8-2-1-3-9-16/h4-7,13H,1-3,8-9H2. The molecule has 16 heavy (non-hydrogen) atoms. The maximum absolute atomic E-state index is 12.8. The maximum Gasteiger partial charge on any atom is 0.123 e. The van der Waals surface area contributed by atoms with Gasteiger partial charge in [-0.05, 0) is 43.6 Å². The molecule has 1 heterocycles. The van der Waals surface area contributed by atoms with Crippen molar-refractivity contribution < 1.29 is 4.39 Å². The second-order valence-corrected chi connectivity index (χ2v) is 4.18. The van der Waals surface area contributed by atoms with Crippen molar-refractivity contribution in [2.45, 2.75) is 25.3 Å². The summed E-state index contributed by atoms with van der Waals surface area (Å²) < 4.78 is 12.8. The van der Waals surface area contributed by atoms with Gasteiger partial charge in [0.05, 0.1) is 6.07 Å². The molecule has 0 saturated carbocycles. The lowest BCUT2D eigenvalue weighted by atomic mass is 10.0. The average molecular weight is 218 g/mol. The molecule has 1 aromatic rings. The first-order valence-electron chi connectivity index (χ1n) is 5.70. The molecule has 1 aliphatic heterocycles. The van der Waals surface area contributed by atoms with Crippen LogP contribution >= 0.6 is 0 Å². The summed E-state index contributed by atoms with van der Waals surface area (Å²) in [6.45, 7) is 1.94. The zero-order chi connectivity index (χ0) is 11.4. The van der Waals surface area contributed by atoms with Crippen LogP contribution in [-0.2, 0) is 0 Å². The summed E-state index contributed by atoms with van der Waals surface area (Å²) in [4.78, 5) is 2.18. The Balaban J connectivity index is 2.15.